The van der Waals surface area contributed by atoms with Gasteiger partial charge in [-0.2, -0.15) is 5.26 Å². The third-order valence-corrected chi connectivity index (χ3v) is 2.77. The third-order valence-electron chi connectivity index (χ3n) is 2.77. The Bertz CT molecular complexity index is 540. The monoisotopic (exact) mass is 271 g/mol. The molecule has 0 fully saturated rings. The summed E-state index contributed by atoms with van der Waals surface area (Å²) in [5.74, 6) is -0.581. The fourth-order valence-corrected chi connectivity index (χ4v) is 1.66. The lowest BCUT2D eigenvalue weighted by molar-refractivity contribution is -0.142. The van der Waals surface area contributed by atoms with E-state index in [1.807, 2.05) is 30.3 Å². The van der Waals surface area contributed by atoms with Gasteiger partial charge in [-0.3, -0.25) is 0 Å². The Morgan fingerprint density at radius 3 is 2.20 bits per heavy atom. The molecule has 0 aliphatic rings. The van der Waals surface area contributed by atoms with Gasteiger partial charge in [0.2, 0.25) is 0 Å². The lowest BCUT2D eigenvalue weighted by Crippen LogP contribution is -2.13. The maximum absolute atomic E-state index is 11.7. The molecule has 0 N–H and O–H groups in total. The summed E-state index contributed by atoms with van der Waals surface area (Å²) >= 11 is 0. The number of nitriles is 1. The first-order chi connectivity index (χ1) is 9.24. The van der Waals surface area contributed by atoms with Crippen molar-refractivity contribution in [3.8, 4) is 6.07 Å². The quantitative estimate of drug-likeness (QED) is 0.477. The molecule has 3 heteroatoms. The van der Waals surface area contributed by atoms with Crippen LogP contribution in [0.15, 0.2) is 29.8 Å². The van der Waals surface area contributed by atoms with E-state index in [1.165, 1.54) is 5.56 Å². The molecule has 0 radical (unpaired) electrons. The first-order valence-corrected chi connectivity index (χ1v) is 6.67. The highest BCUT2D eigenvalue weighted by atomic mass is 16.5. The Morgan fingerprint density at radius 1 is 1.25 bits per heavy atom. The predicted octanol–water partition coefficient (Wildman–Crippen LogP) is 3.84. The van der Waals surface area contributed by atoms with Crippen molar-refractivity contribution in [2.24, 2.45) is 0 Å². The molecule has 20 heavy (non-hydrogen) atoms. The highest BCUT2D eigenvalue weighted by molar-refractivity contribution is 5.97. The van der Waals surface area contributed by atoms with E-state index in [0.717, 1.165) is 5.56 Å². The number of benzene rings is 1. The molecule has 0 atom stereocenters. The van der Waals surface area contributed by atoms with E-state index in [-0.39, 0.29) is 17.1 Å². The van der Waals surface area contributed by atoms with Crippen LogP contribution in [0.3, 0.4) is 0 Å². The normalized spacial score (nSPS) is 12.2. The van der Waals surface area contributed by atoms with Gasteiger partial charge in [-0.1, -0.05) is 45.0 Å². The maximum Gasteiger partial charge on any atom is 0.349 e. The smallest absolute Gasteiger partial charge is 0.349 e. The number of hydrogen-bond acceptors (Lipinski definition) is 3. The zero-order valence-corrected chi connectivity index (χ0v) is 12.7. The largest absolute Gasteiger partial charge is 0.459 e. The lowest BCUT2D eigenvalue weighted by Gasteiger charge is -2.18. The zero-order valence-electron chi connectivity index (χ0n) is 12.7. The van der Waals surface area contributed by atoms with Crippen LogP contribution >= 0.6 is 0 Å². The molecule has 0 bridgehead atoms. The Kier molecular flexibility index (Phi) is 5.10. The summed E-state index contributed by atoms with van der Waals surface area (Å²) in [5, 5.41) is 9.04. The molecule has 0 aliphatic heterocycles. The van der Waals surface area contributed by atoms with Gasteiger partial charge in [0.25, 0.3) is 0 Å². The molecule has 0 aliphatic carbocycles. The van der Waals surface area contributed by atoms with Crippen molar-refractivity contribution in [2.45, 2.75) is 46.1 Å². The molecule has 1 rings (SSSR count). The number of carbonyl (C=O) groups is 1. The fourth-order valence-electron chi connectivity index (χ4n) is 1.66. The number of rotatable bonds is 3. The molecule has 0 heterocycles. The molecule has 1 aromatic rings. The fraction of sp³-hybridized carbons (Fsp3) is 0.412. The Hall–Kier alpha value is -2.08. The van der Waals surface area contributed by atoms with Gasteiger partial charge in [0, 0.05) is 0 Å². The van der Waals surface area contributed by atoms with E-state index in [0.29, 0.717) is 0 Å². The minimum Gasteiger partial charge on any atom is -0.459 e. The number of ether oxygens (including phenoxy) is 1. The summed E-state index contributed by atoms with van der Waals surface area (Å²) in [6, 6.07) is 9.71. The summed E-state index contributed by atoms with van der Waals surface area (Å²) in [7, 11) is 0. The molecular formula is C17H21NO2. The SMILES string of the molecule is CC(C)OC(=O)/C(C#N)=C/c1ccc(C(C)(C)C)cc1. The summed E-state index contributed by atoms with van der Waals surface area (Å²) in [6.45, 7) is 9.92. The third kappa shape index (κ3) is 4.55. The van der Waals surface area contributed by atoms with Crippen molar-refractivity contribution < 1.29 is 9.53 Å². The molecule has 106 valence electrons. The molecule has 0 amide bonds. The van der Waals surface area contributed by atoms with Crippen molar-refractivity contribution in [1.29, 1.82) is 5.26 Å². The van der Waals surface area contributed by atoms with E-state index >= 15 is 0 Å². The van der Waals surface area contributed by atoms with E-state index in [4.69, 9.17) is 10.00 Å². The topological polar surface area (TPSA) is 50.1 Å². The van der Waals surface area contributed by atoms with Crippen LogP contribution in [0.25, 0.3) is 6.08 Å². The minimum absolute atomic E-state index is 0.0159. The lowest BCUT2D eigenvalue weighted by atomic mass is 9.86. The molecule has 1 aromatic carbocycles. The van der Waals surface area contributed by atoms with Crippen molar-refractivity contribution >= 4 is 12.0 Å². The summed E-state index contributed by atoms with van der Waals surface area (Å²) in [5.41, 5.74) is 2.12. The van der Waals surface area contributed by atoms with Gasteiger partial charge in [-0.15, -0.1) is 0 Å². The Morgan fingerprint density at radius 2 is 1.80 bits per heavy atom. The van der Waals surface area contributed by atoms with Gasteiger partial charge < -0.3 is 4.74 Å². The number of esters is 1. The van der Waals surface area contributed by atoms with Crippen LogP contribution in [0.5, 0.6) is 0 Å². The van der Waals surface area contributed by atoms with E-state index < -0.39 is 5.97 Å². The second kappa shape index (κ2) is 6.38. The van der Waals surface area contributed by atoms with Gasteiger partial charge in [0.1, 0.15) is 11.6 Å². The standard InChI is InChI=1S/C17H21NO2/c1-12(2)20-16(19)14(11-18)10-13-6-8-15(9-7-13)17(3,4)5/h6-10,12H,1-5H3/b14-10+. The molecule has 0 aromatic heterocycles. The number of hydrogen-bond donors (Lipinski definition) is 0. The van der Waals surface area contributed by atoms with Gasteiger partial charge in [-0.05, 0) is 36.5 Å². The van der Waals surface area contributed by atoms with Crippen molar-refractivity contribution in [3.63, 3.8) is 0 Å². The first-order valence-electron chi connectivity index (χ1n) is 6.67. The van der Waals surface area contributed by atoms with E-state index in [9.17, 15) is 4.79 Å². The highest BCUT2D eigenvalue weighted by Crippen LogP contribution is 2.22. The van der Waals surface area contributed by atoms with Crippen LogP contribution in [0.2, 0.25) is 0 Å². The molecule has 0 unspecified atom stereocenters. The first kappa shape index (κ1) is 16.0. The Balaban J connectivity index is 2.97. The molecule has 0 saturated carbocycles. The number of nitrogens with zero attached hydrogens (tertiary/aromatic N) is 1. The Labute approximate surface area is 120 Å². The van der Waals surface area contributed by atoms with Crippen LogP contribution in [-0.2, 0) is 14.9 Å². The van der Waals surface area contributed by atoms with Crippen molar-refractivity contribution in [3.05, 3.63) is 41.0 Å². The van der Waals surface area contributed by atoms with Crippen LogP contribution in [-0.4, -0.2) is 12.1 Å². The van der Waals surface area contributed by atoms with Crippen molar-refractivity contribution in [1.82, 2.24) is 0 Å². The van der Waals surface area contributed by atoms with Crippen LogP contribution < -0.4 is 0 Å². The highest BCUT2D eigenvalue weighted by Gasteiger charge is 2.14. The second-order valence-corrected chi connectivity index (χ2v) is 6.00. The maximum atomic E-state index is 11.7. The van der Waals surface area contributed by atoms with Gasteiger partial charge in [-0.25, -0.2) is 4.79 Å². The van der Waals surface area contributed by atoms with Crippen LogP contribution in [0, 0.1) is 11.3 Å². The molecule has 3 nitrogen and oxygen atoms in total. The average molecular weight is 271 g/mol. The van der Waals surface area contributed by atoms with Crippen LogP contribution in [0.4, 0.5) is 0 Å². The number of carbonyl (C=O) groups excluding carboxylic acids is 1. The second-order valence-electron chi connectivity index (χ2n) is 6.00. The summed E-state index contributed by atoms with van der Waals surface area (Å²) < 4.78 is 5.02. The molecule has 0 saturated heterocycles. The van der Waals surface area contributed by atoms with Gasteiger partial charge in [0.15, 0.2) is 0 Å². The summed E-state index contributed by atoms with van der Waals surface area (Å²) in [4.78, 5) is 11.7. The minimum atomic E-state index is -0.581. The average Bonchev–Trinajstić information content (AvgIpc) is 2.34. The van der Waals surface area contributed by atoms with E-state index in [1.54, 1.807) is 19.9 Å². The zero-order chi connectivity index (χ0) is 15.3. The predicted molar refractivity (Wildman–Crippen MR) is 80.0 cm³/mol. The van der Waals surface area contributed by atoms with Gasteiger partial charge >= 0.3 is 5.97 Å². The summed E-state index contributed by atoms with van der Waals surface area (Å²) in [6.07, 6.45) is 1.32. The van der Waals surface area contributed by atoms with Gasteiger partial charge in [0.05, 0.1) is 6.10 Å². The van der Waals surface area contributed by atoms with E-state index in [2.05, 4.69) is 20.8 Å². The molecular weight excluding hydrogens is 250 g/mol. The molecule has 0 spiro atoms. The van der Waals surface area contributed by atoms with Crippen molar-refractivity contribution in [2.75, 3.05) is 0 Å². The van der Waals surface area contributed by atoms with Crippen LogP contribution in [0.1, 0.15) is 45.7 Å².